The smallest absolute Gasteiger partial charge is 0.373 e. The van der Waals surface area contributed by atoms with E-state index in [0.29, 0.717) is 17.4 Å². The van der Waals surface area contributed by atoms with E-state index in [9.17, 15) is 18.0 Å². The molecule has 0 bridgehead atoms. The lowest BCUT2D eigenvalue weighted by Crippen LogP contribution is -2.28. The molecule has 0 aromatic carbocycles. The maximum absolute atomic E-state index is 12.7. The summed E-state index contributed by atoms with van der Waals surface area (Å²) < 4.78 is 44.2. The van der Waals surface area contributed by atoms with Crippen molar-refractivity contribution in [1.29, 1.82) is 0 Å². The van der Waals surface area contributed by atoms with Crippen LogP contribution < -0.4 is 10.6 Å². The summed E-state index contributed by atoms with van der Waals surface area (Å²) >= 11 is 0. The SMILES string of the molecule is CNc1cc(-c2noc(C(C)NC(=O)c3cc(C(F)(F)F)nn3C)n2)ccn1. The summed E-state index contributed by atoms with van der Waals surface area (Å²) in [6.07, 6.45) is -3.07. The first-order valence-electron chi connectivity index (χ1n) is 8.09. The van der Waals surface area contributed by atoms with Crippen molar-refractivity contribution in [3.05, 3.63) is 41.7 Å². The number of carbonyl (C=O) groups excluding carboxylic acids is 1. The van der Waals surface area contributed by atoms with E-state index < -0.39 is 23.8 Å². The molecule has 0 aliphatic heterocycles. The minimum Gasteiger partial charge on any atom is -0.373 e. The highest BCUT2D eigenvalue weighted by Gasteiger charge is 2.35. The van der Waals surface area contributed by atoms with Gasteiger partial charge in [-0.15, -0.1) is 0 Å². The van der Waals surface area contributed by atoms with Crippen LogP contribution in [0.4, 0.5) is 19.0 Å². The van der Waals surface area contributed by atoms with Crippen LogP contribution >= 0.6 is 0 Å². The van der Waals surface area contributed by atoms with E-state index in [-0.39, 0.29) is 17.4 Å². The van der Waals surface area contributed by atoms with Gasteiger partial charge in [0.05, 0.1) is 0 Å². The van der Waals surface area contributed by atoms with Crippen molar-refractivity contribution in [2.24, 2.45) is 7.05 Å². The van der Waals surface area contributed by atoms with E-state index in [0.717, 1.165) is 4.68 Å². The number of pyridine rings is 1. The fourth-order valence-corrected chi connectivity index (χ4v) is 2.39. The van der Waals surface area contributed by atoms with Crippen molar-refractivity contribution in [3.63, 3.8) is 0 Å². The van der Waals surface area contributed by atoms with Crippen molar-refractivity contribution in [2.45, 2.75) is 19.1 Å². The summed E-state index contributed by atoms with van der Waals surface area (Å²) in [6.45, 7) is 1.57. The average Bonchev–Trinajstić information content (AvgIpc) is 3.28. The molecule has 0 aliphatic carbocycles. The third-order valence-corrected chi connectivity index (χ3v) is 3.84. The lowest BCUT2D eigenvalue weighted by atomic mass is 10.2. The predicted octanol–water partition coefficient (Wildman–Crippen LogP) is 2.42. The molecule has 2 N–H and O–H groups in total. The molecule has 0 radical (unpaired) electrons. The largest absolute Gasteiger partial charge is 0.435 e. The van der Waals surface area contributed by atoms with Gasteiger partial charge in [-0.05, 0) is 19.1 Å². The molecule has 12 heteroatoms. The molecular weight excluding hydrogens is 379 g/mol. The van der Waals surface area contributed by atoms with E-state index in [1.165, 1.54) is 7.05 Å². The van der Waals surface area contributed by atoms with Gasteiger partial charge in [0.15, 0.2) is 5.69 Å². The van der Waals surface area contributed by atoms with Crippen molar-refractivity contribution < 1.29 is 22.5 Å². The van der Waals surface area contributed by atoms with Crippen molar-refractivity contribution in [1.82, 2.24) is 30.2 Å². The topological polar surface area (TPSA) is 111 Å². The Morgan fingerprint density at radius 3 is 2.71 bits per heavy atom. The Labute approximate surface area is 157 Å². The van der Waals surface area contributed by atoms with Crippen LogP contribution in [-0.4, -0.2) is 37.9 Å². The Morgan fingerprint density at radius 1 is 1.32 bits per heavy atom. The number of alkyl halides is 3. The summed E-state index contributed by atoms with van der Waals surface area (Å²) in [7, 11) is 2.97. The highest BCUT2D eigenvalue weighted by atomic mass is 19.4. The Balaban J connectivity index is 1.75. The molecule has 3 heterocycles. The number of amides is 1. The number of rotatable bonds is 5. The van der Waals surface area contributed by atoms with E-state index in [4.69, 9.17) is 4.52 Å². The quantitative estimate of drug-likeness (QED) is 0.682. The van der Waals surface area contributed by atoms with Gasteiger partial charge in [-0.2, -0.15) is 23.3 Å². The molecule has 0 spiro atoms. The van der Waals surface area contributed by atoms with Crippen LogP contribution in [0.25, 0.3) is 11.4 Å². The molecule has 1 atom stereocenters. The van der Waals surface area contributed by atoms with Crippen LogP contribution in [0.1, 0.15) is 35.0 Å². The molecule has 3 aromatic rings. The second-order valence-electron chi connectivity index (χ2n) is 5.87. The van der Waals surface area contributed by atoms with Crippen molar-refractivity contribution >= 4 is 11.7 Å². The van der Waals surface area contributed by atoms with E-state index in [2.05, 4.69) is 30.9 Å². The Kier molecular flexibility index (Phi) is 5.03. The Hall–Kier alpha value is -3.44. The molecular formula is C16H16F3N7O2. The third-order valence-electron chi connectivity index (χ3n) is 3.84. The second-order valence-corrected chi connectivity index (χ2v) is 5.87. The van der Waals surface area contributed by atoms with Gasteiger partial charge >= 0.3 is 6.18 Å². The molecule has 0 saturated carbocycles. The van der Waals surface area contributed by atoms with Gasteiger partial charge in [0.2, 0.25) is 11.7 Å². The van der Waals surface area contributed by atoms with Crippen LogP contribution in [0.3, 0.4) is 0 Å². The normalized spacial score (nSPS) is 12.6. The summed E-state index contributed by atoms with van der Waals surface area (Å²) in [5.41, 5.74) is -0.744. The van der Waals surface area contributed by atoms with Gasteiger partial charge in [0.25, 0.3) is 5.91 Å². The molecule has 28 heavy (non-hydrogen) atoms. The van der Waals surface area contributed by atoms with E-state index in [1.807, 2.05) is 0 Å². The number of aromatic nitrogens is 5. The molecule has 0 fully saturated rings. The van der Waals surface area contributed by atoms with Gasteiger partial charge in [-0.25, -0.2) is 4.98 Å². The number of halogens is 3. The number of nitrogens with one attached hydrogen (secondary N) is 2. The average molecular weight is 395 g/mol. The summed E-state index contributed by atoms with van der Waals surface area (Å²) in [4.78, 5) is 20.6. The highest BCUT2D eigenvalue weighted by molar-refractivity contribution is 5.92. The van der Waals surface area contributed by atoms with Gasteiger partial charge in [0, 0.05) is 31.9 Å². The fourth-order valence-electron chi connectivity index (χ4n) is 2.39. The minimum absolute atomic E-state index is 0.101. The van der Waals surface area contributed by atoms with Crippen LogP contribution in [0, 0.1) is 0 Å². The molecule has 3 aromatic heterocycles. The number of hydrogen-bond donors (Lipinski definition) is 2. The van der Waals surface area contributed by atoms with Gasteiger partial charge < -0.3 is 15.2 Å². The maximum atomic E-state index is 12.7. The molecule has 3 rings (SSSR count). The minimum atomic E-state index is -4.64. The first-order chi connectivity index (χ1) is 13.2. The number of carbonyl (C=O) groups is 1. The third kappa shape index (κ3) is 3.94. The first kappa shape index (κ1) is 19.3. The lowest BCUT2D eigenvalue weighted by Gasteiger charge is -2.09. The summed E-state index contributed by atoms with van der Waals surface area (Å²) in [5, 5.41) is 12.6. The molecule has 0 aliphatic rings. The monoisotopic (exact) mass is 395 g/mol. The predicted molar refractivity (Wildman–Crippen MR) is 91.2 cm³/mol. The summed E-state index contributed by atoms with van der Waals surface area (Å²) in [6, 6.07) is 3.35. The zero-order valence-corrected chi connectivity index (χ0v) is 15.1. The zero-order chi connectivity index (χ0) is 20.5. The molecule has 0 saturated heterocycles. The van der Waals surface area contributed by atoms with Gasteiger partial charge in [0.1, 0.15) is 17.6 Å². The number of aryl methyl sites for hydroxylation is 1. The zero-order valence-electron chi connectivity index (χ0n) is 15.1. The first-order valence-corrected chi connectivity index (χ1v) is 8.09. The molecule has 1 amide bonds. The van der Waals surface area contributed by atoms with Gasteiger partial charge in [-0.1, -0.05) is 5.16 Å². The highest BCUT2D eigenvalue weighted by Crippen LogP contribution is 2.28. The lowest BCUT2D eigenvalue weighted by molar-refractivity contribution is -0.141. The van der Waals surface area contributed by atoms with Crippen LogP contribution in [-0.2, 0) is 13.2 Å². The van der Waals surface area contributed by atoms with Crippen LogP contribution in [0.5, 0.6) is 0 Å². The Morgan fingerprint density at radius 2 is 2.07 bits per heavy atom. The van der Waals surface area contributed by atoms with Crippen molar-refractivity contribution in [3.8, 4) is 11.4 Å². The number of hydrogen-bond acceptors (Lipinski definition) is 7. The summed E-state index contributed by atoms with van der Waals surface area (Å²) in [5.74, 6) is 0.250. The maximum Gasteiger partial charge on any atom is 0.435 e. The van der Waals surface area contributed by atoms with Crippen molar-refractivity contribution in [2.75, 3.05) is 12.4 Å². The van der Waals surface area contributed by atoms with Gasteiger partial charge in [-0.3, -0.25) is 9.48 Å². The molecule has 148 valence electrons. The second kappa shape index (κ2) is 7.29. The molecule has 1 unspecified atom stereocenters. The number of anilines is 1. The van der Waals surface area contributed by atoms with Crippen LogP contribution in [0.15, 0.2) is 28.9 Å². The standard InChI is InChI=1S/C16H16F3N7O2/c1-8(22-14(27)10-7-11(16(17,18)19)24-26(10)3)15-23-13(25-28-15)9-4-5-21-12(6-9)20-2/h4-8H,1-3H3,(H,20,21)(H,22,27). The number of nitrogens with zero attached hydrogens (tertiary/aromatic N) is 5. The van der Waals surface area contributed by atoms with E-state index in [1.54, 1.807) is 32.3 Å². The fraction of sp³-hybridized carbons (Fsp3) is 0.312. The Bertz CT molecular complexity index is 996. The van der Waals surface area contributed by atoms with E-state index >= 15 is 0 Å². The van der Waals surface area contributed by atoms with Crippen LogP contribution in [0.2, 0.25) is 0 Å². The molecule has 9 nitrogen and oxygen atoms in total.